The summed E-state index contributed by atoms with van der Waals surface area (Å²) in [6.45, 7) is 5.55. The van der Waals surface area contributed by atoms with Gasteiger partial charge in [-0.1, -0.05) is 30.5 Å². The molecule has 1 fully saturated rings. The maximum absolute atomic E-state index is 12.4. The van der Waals surface area contributed by atoms with Crippen molar-refractivity contribution in [1.29, 1.82) is 0 Å². The zero-order valence-corrected chi connectivity index (χ0v) is 14.7. The third kappa shape index (κ3) is 4.96. The van der Waals surface area contributed by atoms with Gasteiger partial charge >= 0.3 is 0 Å². The van der Waals surface area contributed by atoms with Crippen LogP contribution in [0.15, 0.2) is 18.2 Å². The Bertz CT molecular complexity index is 566. The van der Waals surface area contributed by atoms with Crippen molar-refractivity contribution in [3.63, 3.8) is 0 Å². The van der Waals surface area contributed by atoms with Crippen molar-refractivity contribution < 1.29 is 9.59 Å². The minimum atomic E-state index is -0.0703. The van der Waals surface area contributed by atoms with E-state index in [1.807, 2.05) is 17.9 Å². The molecule has 0 bridgehead atoms. The molecule has 0 aliphatic carbocycles. The molecular weight excluding hydrogens is 312 g/mol. The fourth-order valence-corrected chi connectivity index (χ4v) is 3.17. The molecule has 4 nitrogen and oxygen atoms in total. The van der Waals surface area contributed by atoms with Crippen LogP contribution in [0.5, 0.6) is 0 Å². The highest BCUT2D eigenvalue weighted by atomic mass is 35.5. The molecule has 2 rings (SSSR count). The van der Waals surface area contributed by atoms with Gasteiger partial charge in [0.2, 0.25) is 11.8 Å². The second kappa shape index (κ2) is 8.34. The Hall–Kier alpha value is -1.55. The molecule has 0 radical (unpaired) electrons. The van der Waals surface area contributed by atoms with E-state index >= 15 is 0 Å². The zero-order chi connectivity index (χ0) is 16.8. The van der Waals surface area contributed by atoms with Crippen LogP contribution in [-0.4, -0.2) is 36.3 Å². The lowest BCUT2D eigenvalue weighted by atomic mass is 10.1. The quantitative estimate of drug-likeness (QED) is 0.839. The number of carbonyl (C=O) groups excluding carboxylic acids is 2. The van der Waals surface area contributed by atoms with Gasteiger partial charge in [0.15, 0.2) is 0 Å². The lowest BCUT2D eigenvalue weighted by molar-refractivity contribution is -0.131. The third-order valence-electron chi connectivity index (χ3n) is 4.35. The fraction of sp³-hybridized carbons (Fsp3) is 0.556. The van der Waals surface area contributed by atoms with Gasteiger partial charge in [-0.3, -0.25) is 9.59 Å². The largest absolute Gasteiger partial charge is 0.343 e. The number of amides is 2. The second-order valence-electron chi connectivity index (χ2n) is 6.15. The number of benzene rings is 1. The molecule has 0 spiro atoms. The molecule has 1 aromatic carbocycles. The van der Waals surface area contributed by atoms with Gasteiger partial charge in [0.05, 0.1) is 0 Å². The van der Waals surface area contributed by atoms with Gasteiger partial charge in [-0.2, -0.15) is 0 Å². The molecule has 23 heavy (non-hydrogen) atoms. The van der Waals surface area contributed by atoms with Gasteiger partial charge < -0.3 is 9.80 Å². The van der Waals surface area contributed by atoms with Gasteiger partial charge in [0.25, 0.3) is 0 Å². The first-order valence-electron chi connectivity index (χ1n) is 8.31. The topological polar surface area (TPSA) is 40.6 Å². The Balaban J connectivity index is 2.03. The van der Waals surface area contributed by atoms with Crippen LogP contribution < -0.4 is 4.90 Å². The van der Waals surface area contributed by atoms with Crippen LogP contribution in [0.2, 0.25) is 5.02 Å². The van der Waals surface area contributed by atoms with E-state index in [0.717, 1.165) is 37.2 Å². The summed E-state index contributed by atoms with van der Waals surface area (Å²) in [6.07, 6.45) is 4.91. The Labute approximate surface area is 143 Å². The average molecular weight is 337 g/mol. The van der Waals surface area contributed by atoms with Gasteiger partial charge in [0.1, 0.15) is 0 Å². The first-order valence-corrected chi connectivity index (χ1v) is 8.69. The highest BCUT2D eigenvalue weighted by molar-refractivity contribution is 6.31. The van der Waals surface area contributed by atoms with E-state index in [1.165, 1.54) is 19.8 Å². The summed E-state index contributed by atoms with van der Waals surface area (Å²) >= 11 is 6.06. The summed E-state index contributed by atoms with van der Waals surface area (Å²) in [5.74, 6) is 0.0665. The molecule has 0 N–H and O–H groups in total. The minimum absolute atomic E-state index is 0.0703. The smallest absolute Gasteiger partial charge is 0.224 e. The van der Waals surface area contributed by atoms with E-state index in [0.29, 0.717) is 18.0 Å². The highest BCUT2D eigenvalue weighted by Gasteiger charge is 2.19. The van der Waals surface area contributed by atoms with Crippen molar-refractivity contribution in [2.24, 2.45) is 0 Å². The molecule has 1 heterocycles. The Morgan fingerprint density at radius 3 is 2.43 bits per heavy atom. The van der Waals surface area contributed by atoms with Gasteiger partial charge in [-0.15, -0.1) is 0 Å². The number of likely N-dealkylation sites (tertiary alicyclic amines) is 1. The molecule has 1 aromatic rings. The monoisotopic (exact) mass is 336 g/mol. The predicted molar refractivity (Wildman–Crippen MR) is 93.9 cm³/mol. The molecule has 1 aliphatic heterocycles. The molecule has 1 aliphatic rings. The fourth-order valence-electron chi connectivity index (χ4n) is 3.01. The van der Waals surface area contributed by atoms with E-state index in [1.54, 1.807) is 17.0 Å². The summed E-state index contributed by atoms with van der Waals surface area (Å²) in [5.41, 5.74) is 1.76. The first-order chi connectivity index (χ1) is 11.0. The number of halogens is 1. The molecule has 0 aromatic heterocycles. The second-order valence-corrected chi connectivity index (χ2v) is 6.58. The number of aryl methyl sites for hydroxylation is 1. The molecule has 5 heteroatoms. The number of nitrogens with zero attached hydrogens (tertiary/aromatic N) is 2. The highest BCUT2D eigenvalue weighted by Crippen LogP contribution is 2.25. The van der Waals surface area contributed by atoms with Crippen LogP contribution in [-0.2, 0) is 9.59 Å². The summed E-state index contributed by atoms with van der Waals surface area (Å²) < 4.78 is 0. The zero-order valence-electron chi connectivity index (χ0n) is 14.0. The summed E-state index contributed by atoms with van der Waals surface area (Å²) in [5, 5.41) is 0.593. The van der Waals surface area contributed by atoms with Crippen LogP contribution in [0.4, 0.5) is 5.69 Å². The number of rotatable bonds is 4. The Morgan fingerprint density at radius 2 is 1.83 bits per heavy atom. The molecule has 0 saturated carbocycles. The Morgan fingerprint density at radius 1 is 1.17 bits per heavy atom. The third-order valence-corrected chi connectivity index (χ3v) is 4.59. The number of anilines is 1. The molecule has 126 valence electrons. The van der Waals surface area contributed by atoms with E-state index in [4.69, 9.17) is 11.6 Å². The summed E-state index contributed by atoms with van der Waals surface area (Å²) in [7, 11) is 0. The van der Waals surface area contributed by atoms with Gasteiger partial charge in [-0.05, 0) is 37.5 Å². The number of hydrogen-bond donors (Lipinski definition) is 0. The lowest BCUT2D eigenvalue weighted by Gasteiger charge is -2.25. The molecule has 0 atom stereocenters. The Kier molecular flexibility index (Phi) is 6.46. The maximum Gasteiger partial charge on any atom is 0.224 e. The standard InChI is InChI=1S/C18H25ClN2O2/c1-14-7-8-16(19)13-17(14)21(15(2)22)12-9-18(23)20-10-5-3-4-6-11-20/h7-8,13H,3-6,9-12H2,1-2H3. The predicted octanol–water partition coefficient (Wildman–Crippen LogP) is 3.79. The van der Waals surface area contributed by atoms with Crippen molar-refractivity contribution in [2.45, 2.75) is 46.0 Å². The van der Waals surface area contributed by atoms with Gasteiger partial charge in [-0.25, -0.2) is 0 Å². The van der Waals surface area contributed by atoms with E-state index in [2.05, 4.69) is 0 Å². The van der Waals surface area contributed by atoms with Crippen LogP contribution >= 0.6 is 11.6 Å². The summed E-state index contributed by atoms with van der Waals surface area (Å²) in [4.78, 5) is 28.0. The normalized spacial score (nSPS) is 15.2. The summed E-state index contributed by atoms with van der Waals surface area (Å²) in [6, 6.07) is 5.49. The van der Waals surface area contributed by atoms with Crippen molar-refractivity contribution >= 4 is 29.1 Å². The van der Waals surface area contributed by atoms with Crippen LogP contribution in [0.1, 0.15) is 44.6 Å². The van der Waals surface area contributed by atoms with Crippen LogP contribution in [0, 0.1) is 6.92 Å². The molecule has 1 saturated heterocycles. The van der Waals surface area contributed by atoms with Crippen molar-refractivity contribution in [1.82, 2.24) is 4.90 Å². The van der Waals surface area contributed by atoms with E-state index in [9.17, 15) is 9.59 Å². The molecule has 2 amide bonds. The van der Waals surface area contributed by atoms with Gasteiger partial charge in [0, 0.05) is 43.7 Å². The minimum Gasteiger partial charge on any atom is -0.343 e. The average Bonchev–Trinajstić information content (AvgIpc) is 2.79. The number of hydrogen-bond acceptors (Lipinski definition) is 2. The lowest BCUT2D eigenvalue weighted by Crippen LogP contribution is -2.37. The van der Waals surface area contributed by atoms with Crippen molar-refractivity contribution in [3.05, 3.63) is 28.8 Å². The van der Waals surface area contributed by atoms with E-state index < -0.39 is 0 Å². The van der Waals surface area contributed by atoms with Crippen molar-refractivity contribution in [2.75, 3.05) is 24.5 Å². The van der Waals surface area contributed by atoms with Crippen LogP contribution in [0.25, 0.3) is 0 Å². The van der Waals surface area contributed by atoms with Crippen LogP contribution in [0.3, 0.4) is 0 Å². The first kappa shape index (κ1) is 17.8. The SMILES string of the molecule is CC(=O)N(CCC(=O)N1CCCCCC1)c1cc(Cl)ccc1C. The maximum atomic E-state index is 12.4. The molecule has 0 unspecified atom stereocenters. The van der Waals surface area contributed by atoms with E-state index in [-0.39, 0.29) is 11.8 Å². The van der Waals surface area contributed by atoms with Crippen molar-refractivity contribution in [3.8, 4) is 0 Å². The number of carbonyl (C=O) groups is 2. The molecular formula is C18H25ClN2O2.